The van der Waals surface area contributed by atoms with E-state index in [9.17, 15) is 4.79 Å². The fourth-order valence-corrected chi connectivity index (χ4v) is 2.44. The number of thiazole rings is 1. The summed E-state index contributed by atoms with van der Waals surface area (Å²) in [6, 6.07) is 7.50. The summed E-state index contributed by atoms with van der Waals surface area (Å²) in [6.07, 6.45) is 0. The summed E-state index contributed by atoms with van der Waals surface area (Å²) in [4.78, 5) is 17.9. The highest BCUT2D eigenvalue weighted by atomic mass is 35.5. The molecular formula is C13H13ClN2OS. The Hall–Kier alpha value is -1.39. The van der Waals surface area contributed by atoms with Crippen LogP contribution >= 0.6 is 22.9 Å². The van der Waals surface area contributed by atoms with Gasteiger partial charge in [0.05, 0.1) is 5.01 Å². The van der Waals surface area contributed by atoms with Crippen LogP contribution in [0.25, 0.3) is 0 Å². The van der Waals surface area contributed by atoms with E-state index in [2.05, 4.69) is 4.98 Å². The van der Waals surface area contributed by atoms with Crippen molar-refractivity contribution in [2.45, 2.75) is 13.5 Å². The minimum atomic E-state index is -0.0701. The summed E-state index contributed by atoms with van der Waals surface area (Å²) in [5.41, 5.74) is 1.51. The average Bonchev–Trinajstić information content (AvgIpc) is 2.75. The molecule has 0 saturated carbocycles. The van der Waals surface area contributed by atoms with Gasteiger partial charge in [-0.3, -0.25) is 4.79 Å². The van der Waals surface area contributed by atoms with Crippen LogP contribution in [-0.4, -0.2) is 22.8 Å². The molecule has 5 heteroatoms. The molecule has 0 fully saturated rings. The molecule has 0 spiro atoms. The lowest BCUT2D eigenvalue weighted by molar-refractivity contribution is 0.0780. The number of aryl methyl sites for hydroxylation is 1. The first kappa shape index (κ1) is 13.1. The first-order valence-corrected chi connectivity index (χ1v) is 6.74. The zero-order valence-electron chi connectivity index (χ0n) is 10.2. The highest BCUT2D eigenvalue weighted by Gasteiger charge is 2.14. The second-order valence-electron chi connectivity index (χ2n) is 4.04. The summed E-state index contributed by atoms with van der Waals surface area (Å²) in [5.74, 6) is -0.0701. The number of aromatic nitrogens is 1. The molecule has 0 N–H and O–H groups in total. The molecule has 1 aromatic heterocycles. The van der Waals surface area contributed by atoms with E-state index in [-0.39, 0.29) is 5.91 Å². The van der Waals surface area contributed by atoms with Crippen LogP contribution < -0.4 is 0 Å². The van der Waals surface area contributed by atoms with Crippen LogP contribution in [0.5, 0.6) is 0 Å². The van der Waals surface area contributed by atoms with Gasteiger partial charge in [0, 0.05) is 24.0 Å². The van der Waals surface area contributed by atoms with E-state index in [0.29, 0.717) is 17.3 Å². The first-order valence-electron chi connectivity index (χ1n) is 5.48. The lowest BCUT2D eigenvalue weighted by atomic mass is 10.2. The highest BCUT2D eigenvalue weighted by molar-refractivity contribution is 7.09. The van der Waals surface area contributed by atoms with Crippen molar-refractivity contribution in [3.8, 4) is 0 Å². The van der Waals surface area contributed by atoms with Crippen molar-refractivity contribution in [2.24, 2.45) is 0 Å². The Morgan fingerprint density at radius 2 is 2.28 bits per heavy atom. The van der Waals surface area contributed by atoms with Gasteiger partial charge in [-0.05, 0) is 24.6 Å². The number of carbonyl (C=O) groups excluding carboxylic acids is 1. The molecule has 0 bridgehead atoms. The number of nitrogens with zero attached hydrogens (tertiary/aromatic N) is 2. The Kier molecular flexibility index (Phi) is 3.99. The molecule has 1 aromatic carbocycles. The third-order valence-corrected chi connectivity index (χ3v) is 3.50. The third-order valence-electron chi connectivity index (χ3n) is 2.49. The normalized spacial score (nSPS) is 10.4. The number of rotatable bonds is 3. The lowest BCUT2D eigenvalue weighted by Crippen LogP contribution is -2.26. The van der Waals surface area contributed by atoms with Gasteiger partial charge >= 0.3 is 0 Å². The molecule has 0 radical (unpaired) electrons. The fraction of sp³-hybridized carbons (Fsp3) is 0.231. The van der Waals surface area contributed by atoms with E-state index < -0.39 is 0 Å². The van der Waals surface area contributed by atoms with Crippen LogP contribution in [0.1, 0.15) is 21.1 Å². The van der Waals surface area contributed by atoms with E-state index in [0.717, 1.165) is 10.6 Å². The van der Waals surface area contributed by atoms with E-state index in [1.54, 1.807) is 17.3 Å². The van der Waals surface area contributed by atoms with Gasteiger partial charge < -0.3 is 4.90 Å². The number of hydrogen-bond donors (Lipinski definition) is 0. The second-order valence-corrected chi connectivity index (χ2v) is 5.54. The van der Waals surface area contributed by atoms with Crippen molar-refractivity contribution in [1.82, 2.24) is 9.88 Å². The summed E-state index contributed by atoms with van der Waals surface area (Å²) < 4.78 is 0. The molecular weight excluding hydrogens is 268 g/mol. The quantitative estimate of drug-likeness (QED) is 0.863. The highest BCUT2D eigenvalue weighted by Crippen LogP contribution is 2.14. The Balaban J connectivity index is 2.08. The number of benzene rings is 1. The molecule has 3 nitrogen and oxygen atoms in total. The average molecular weight is 281 g/mol. The Bertz CT molecular complexity index is 568. The van der Waals surface area contributed by atoms with Crippen LogP contribution in [0.3, 0.4) is 0 Å². The number of halogens is 1. The maximum atomic E-state index is 12.1. The predicted molar refractivity (Wildman–Crippen MR) is 74.1 cm³/mol. The lowest BCUT2D eigenvalue weighted by Gasteiger charge is -2.16. The smallest absolute Gasteiger partial charge is 0.273 e. The largest absolute Gasteiger partial charge is 0.336 e. The monoisotopic (exact) mass is 280 g/mol. The maximum absolute atomic E-state index is 12.1. The molecule has 0 aliphatic rings. The van der Waals surface area contributed by atoms with Crippen molar-refractivity contribution in [2.75, 3.05) is 7.05 Å². The Labute approximate surface area is 115 Å². The predicted octanol–water partition coefficient (Wildman–Crippen LogP) is 3.38. The molecule has 0 atom stereocenters. The van der Waals surface area contributed by atoms with E-state index in [1.807, 2.05) is 31.2 Å². The first-order chi connectivity index (χ1) is 8.56. The summed E-state index contributed by atoms with van der Waals surface area (Å²) in [6.45, 7) is 2.41. The minimum absolute atomic E-state index is 0.0701. The molecule has 0 aliphatic heterocycles. The zero-order chi connectivity index (χ0) is 13.1. The minimum Gasteiger partial charge on any atom is -0.336 e. The van der Waals surface area contributed by atoms with Gasteiger partial charge in [-0.1, -0.05) is 23.7 Å². The van der Waals surface area contributed by atoms with E-state index in [1.165, 1.54) is 11.3 Å². The van der Waals surface area contributed by atoms with Crippen molar-refractivity contribution in [3.05, 3.63) is 50.9 Å². The molecule has 1 amide bonds. The Morgan fingerprint density at radius 3 is 2.89 bits per heavy atom. The van der Waals surface area contributed by atoms with Gasteiger partial charge in [0.1, 0.15) is 5.69 Å². The third kappa shape index (κ3) is 3.09. The fourth-order valence-electron chi connectivity index (χ4n) is 1.64. The SMILES string of the molecule is Cc1nc(C(=O)N(C)Cc2cccc(Cl)c2)cs1. The number of amides is 1. The van der Waals surface area contributed by atoms with Crippen LogP contribution in [0.4, 0.5) is 0 Å². The topological polar surface area (TPSA) is 33.2 Å². The van der Waals surface area contributed by atoms with Crippen LogP contribution in [-0.2, 0) is 6.54 Å². The van der Waals surface area contributed by atoms with Crippen molar-refractivity contribution < 1.29 is 4.79 Å². The molecule has 2 aromatic rings. The van der Waals surface area contributed by atoms with Gasteiger partial charge in [-0.2, -0.15) is 0 Å². The molecule has 0 unspecified atom stereocenters. The molecule has 0 saturated heterocycles. The van der Waals surface area contributed by atoms with Crippen LogP contribution in [0.15, 0.2) is 29.6 Å². The van der Waals surface area contributed by atoms with E-state index in [4.69, 9.17) is 11.6 Å². The standard InChI is InChI=1S/C13H13ClN2OS/c1-9-15-12(8-18-9)13(17)16(2)7-10-4-3-5-11(14)6-10/h3-6,8H,7H2,1-2H3. The van der Waals surface area contributed by atoms with Crippen molar-refractivity contribution >= 4 is 28.8 Å². The van der Waals surface area contributed by atoms with Gasteiger partial charge in [0.15, 0.2) is 0 Å². The van der Waals surface area contributed by atoms with Crippen molar-refractivity contribution in [1.29, 1.82) is 0 Å². The van der Waals surface area contributed by atoms with Gasteiger partial charge in [-0.25, -0.2) is 4.98 Å². The van der Waals surface area contributed by atoms with Gasteiger partial charge in [-0.15, -0.1) is 11.3 Å². The molecule has 94 valence electrons. The van der Waals surface area contributed by atoms with Crippen LogP contribution in [0, 0.1) is 6.92 Å². The molecule has 0 aliphatic carbocycles. The summed E-state index contributed by atoms with van der Waals surface area (Å²) in [5, 5.41) is 3.36. The maximum Gasteiger partial charge on any atom is 0.273 e. The number of carbonyl (C=O) groups is 1. The van der Waals surface area contributed by atoms with Crippen molar-refractivity contribution in [3.63, 3.8) is 0 Å². The second kappa shape index (κ2) is 5.50. The summed E-state index contributed by atoms with van der Waals surface area (Å²) >= 11 is 7.39. The number of hydrogen-bond acceptors (Lipinski definition) is 3. The Morgan fingerprint density at radius 1 is 1.50 bits per heavy atom. The summed E-state index contributed by atoms with van der Waals surface area (Å²) in [7, 11) is 1.76. The molecule has 18 heavy (non-hydrogen) atoms. The van der Waals surface area contributed by atoms with E-state index >= 15 is 0 Å². The van der Waals surface area contributed by atoms with Gasteiger partial charge in [0.2, 0.25) is 0 Å². The zero-order valence-corrected chi connectivity index (χ0v) is 11.8. The molecule has 2 rings (SSSR count). The van der Waals surface area contributed by atoms with Gasteiger partial charge in [0.25, 0.3) is 5.91 Å². The van der Waals surface area contributed by atoms with Crippen LogP contribution in [0.2, 0.25) is 5.02 Å². The molecule has 1 heterocycles.